The van der Waals surface area contributed by atoms with Crippen LogP contribution in [0.1, 0.15) is 25.3 Å². The zero-order valence-corrected chi connectivity index (χ0v) is 11.4. The van der Waals surface area contributed by atoms with Crippen molar-refractivity contribution in [3.63, 3.8) is 0 Å². The fourth-order valence-electron chi connectivity index (χ4n) is 2.79. The first-order chi connectivity index (χ1) is 9.67. The maximum Gasteiger partial charge on any atom is 0.182 e. The number of nitrogens with two attached hydrogens (primary N) is 2. The third kappa shape index (κ3) is 2.32. The van der Waals surface area contributed by atoms with Crippen LogP contribution in [0.2, 0.25) is 0 Å². The fourth-order valence-corrected chi connectivity index (χ4v) is 2.79. The Kier molecular flexibility index (Phi) is 3.27. The Balaban J connectivity index is 1.94. The summed E-state index contributed by atoms with van der Waals surface area (Å²) in [5.41, 5.74) is 13.7. The lowest BCUT2D eigenvalue weighted by Crippen LogP contribution is -2.12. The molecule has 7 nitrogen and oxygen atoms in total. The molecule has 1 heterocycles. The fraction of sp³-hybridized carbons (Fsp3) is 0.462. The van der Waals surface area contributed by atoms with E-state index in [4.69, 9.17) is 16.2 Å². The zero-order chi connectivity index (χ0) is 14.1. The van der Waals surface area contributed by atoms with Crippen molar-refractivity contribution < 1.29 is 4.74 Å². The summed E-state index contributed by atoms with van der Waals surface area (Å²) in [5.74, 6) is 0.700. The Morgan fingerprint density at radius 3 is 2.60 bits per heavy atom. The van der Waals surface area contributed by atoms with E-state index in [1.807, 2.05) is 16.8 Å². The van der Waals surface area contributed by atoms with E-state index in [0.29, 0.717) is 17.2 Å². The first-order valence-corrected chi connectivity index (χ1v) is 6.64. The van der Waals surface area contributed by atoms with Crippen molar-refractivity contribution >= 4 is 11.4 Å². The van der Waals surface area contributed by atoms with Crippen molar-refractivity contribution in [1.82, 2.24) is 20.2 Å². The van der Waals surface area contributed by atoms with E-state index >= 15 is 0 Å². The van der Waals surface area contributed by atoms with Crippen molar-refractivity contribution in [2.45, 2.75) is 31.4 Å². The Bertz CT molecular complexity index is 590. The van der Waals surface area contributed by atoms with Gasteiger partial charge < -0.3 is 16.2 Å². The largest absolute Gasteiger partial charge is 0.399 e. The summed E-state index contributed by atoms with van der Waals surface area (Å²) in [5, 5.41) is 12.0. The monoisotopic (exact) mass is 274 g/mol. The van der Waals surface area contributed by atoms with E-state index in [0.717, 1.165) is 24.8 Å². The molecule has 1 aliphatic rings. The third-order valence-corrected chi connectivity index (χ3v) is 3.76. The molecule has 1 aromatic heterocycles. The van der Waals surface area contributed by atoms with Gasteiger partial charge in [0.2, 0.25) is 0 Å². The van der Waals surface area contributed by atoms with Crippen LogP contribution in [0.3, 0.4) is 0 Å². The van der Waals surface area contributed by atoms with Gasteiger partial charge in [0.05, 0.1) is 12.1 Å². The molecule has 2 aromatic rings. The number of nitrogens with zero attached hydrogens (tertiary/aromatic N) is 4. The number of nitrogen functional groups attached to an aromatic ring is 2. The van der Waals surface area contributed by atoms with Gasteiger partial charge in [-0.3, -0.25) is 0 Å². The quantitative estimate of drug-likeness (QED) is 0.816. The lowest BCUT2D eigenvalue weighted by molar-refractivity contribution is 0.105. The molecule has 0 spiro atoms. The first kappa shape index (κ1) is 12.9. The maximum atomic E-state index is 5.83. The van der Waals surface area contributed by atoms with Gasteiger partial charge in [-0.1, -0.05) is 0 Å². The summed E-state index contributed by atoms with van der Waals surface area (Å²) in [4.78, 5) is 0. The first-order valence-electron chi connectivity index (χ1n) is 6.64. The second-order valence-electron chi connectivity index (χ2n) is 5.16. The Morgan fingerprint density at radius 2 is 1.95 bits per heavy atom. The topological polar surface area (TPSA) is 105 Å². The normalized spacial score (nSPS) is 22.2. The average Bonchev–Trinajstić information content (AvgIpc) is 3.06. The number of rotatable bonds is 3. The number of benzene rings is 1. The molecule has 1 fully saturated rings. The predicted octanol–water partition coefficient (Wildman–Crippen LogP) is 1.24. The third-order valence-electron chi connectivity index (χ3n) is 3.76. The molecule has 106 valence electrons. The summed E-state index contributed by atoms with van der Waals surface area (Å²) in [7, 11) is 1.74. The van der Waals surface area contributed by atoms with Crippen LogP contribution in [0.5, 0.6) is 0 Å². The molecule has 0 saturated heterocycles. The molecule has 1 aromatic carbocycles. The molecule has 4 N–H and O–H groups in total. The smallest absolute Gasteiger partial charge is 0.182 e. The van der Waals surface area contributed by atoms with Gasteiger partial charge in [-0.25, -0.2) is 4.68 Å². The van der Waals surface area contributed by atoms with Gasteiger partial charge in [0.15, 0.2) is 5.82 Å². The number of aromatic nitrogens is 4. The predicted molar refractivity (Wildman–Crippen MR) is 75.8 cm³/mol. The van der Waals surface area contributed by atoms with Crippen molar-refractivity contribution in [2.75, 3.05) is 18.6 Å². The summed E-state index contributed by atoms with van der Waals surface area (Å²) in [6.07, 6.45) is 3.24. The molecule has 2 atom stereocenters. The molecule has 20 heavy (non-hydrogen) atoms. The highest BCUT2D eigenvalue weighted by atomic mass is 16.5. The minimum absolute atomic E-state index is 0.257. The van der Waals surface area contributed by atoms with Crippen LogP contribution in [-0.2, 0) is 4.74 Å². The Morgan fingerprint density at radius 1 is 1.20 bits per heavy atom. The highest BCUT2D eigenvalue weighted by molar-refractivity contribution is 5.67. The standard InChI is InChI=1S/C13H18N6O/c1-20-12-3-2-11(7-12)19-13(16-17-18-19)8-4-9(14)6-10(15)5-8/h4-6,11-12H,2-3,7,14-15H2,1H3. The van der Waals surface area contributed by atoms with Gasteiger partial charge >= 0.3 is 0 Å². The number of hydrogen-bond donors (Lipinski definition) is 2. The molecule has 3 rings (SSSR count). The minimum Gasteiger partial charge on any atom is -0.399 e. The molecule has 2 unspecified atom stereocenters. The van der Waals surface area contributed by atoms with E-state index in [1.165, 1.54) is 0 Å². The van der Waals surface area contributed by atoms with E-state index in [9.17, 15) is 0 Å². The lowest BCUT2D eigenvalue weighted by atomic mass is 10.1. The molecule has 0 bridgehead atoms. The molecule has 0 aliphatic heterocycles. The minimum atomic E-state index is 0.257. The van der Waals surface area contributed by atoms with Gasteiger partial charge in [0, 0.05) is 24.0 Å². The second-order valence-corrected chi connectivity index (χ2v) is 5.16. The number of tetrazole rings is 1. The van der Waals surface area contributed by atoms with Gasteiger partial charge in [-0.2, -0.15) is 0 Å². The summed E-state index contributed by atoms with van der Waals surface area (Å²) in [6, 6.07) is 5.64. The van der Waals surface area contributed by atoms with E-state index in [2.05, 4.69) is 15.5 Å². The van der Waals surface area contributed by atoms with E-state index in [1.54, 1.807) is 13.2 Å². The van der Waals surface area contributed by atoms with E-state index < -0.39 is 0 Å². The Labute approximate surface area is 116 Å². The van der Waals surface area contributed by atoms with Crippen LogP contribution in [0.25, 0.3) is 11.4 Å². The number of ether oxygens (including phenoxy) is 1. The molecule has 7 heteroatoms. The van der Waals surface area contributed by atoms with Crippen LogP contribution in [0.15, 0.2) is 18.2 Å². The molecule has 1 aliphatic carbocycles. The summed E-state index contributed by atoms with van der Waals surface area (Å²) < 4.78 is 7.26. The van der Waals surface area contributed by atoms with Gasteiger partial charge in [0.25, 0.3) is 0 Å². The average molecular weight is 274 g/mol. The highest BCUT2D eigenvalue weighted by Crippen LogP contribution is 2.34. The van der Waals surface area contributed by atoms with Crippen LogP contribution in [0.4, 0.5) is 11.4 Å². The van der Waals surface area contributed by atoms with Crippen molar-refractivity contribution in [3.05, 3.63) is 18.2 Å². The SMILES string of the molecule is COC1CCC(n2nnnc2-c2cc(N)cc(N)c2)C1. The highest BCUT2D eigenvalue weighted by Gasteiger charge is 2.28. The summed E-state index contributed by atoms with van der Waals surface area (Å²) >= 11 is 0. The van der Waals surface area contributed by atoms with Gasteiger partial charge in [0.1, 0.15) is 0 Å². The van der Waals surface area contributed by atoms with Crippen LogP contribution in [-0.4, -0.2) is 33.4 Å². The van der Waals surface area contributed by atoms with Crippen molar-refractivity contribution in [3.8, 4) is 11.4 Å². The van der Waals surface area contributed by atoms with Crippen LogP contribution in [0, 0.1) is 0 Å². The van der Waals surface area contributed by atoms with Gasteiger partial charge in [-0.15, -0.1) is 5.10 Å². The Hall–Kier alpha value is -2.15. The van der Waals surface area contributed by atoms with Crippen molar-refractivity contribution in [2.24, 2.45) is 0 Å². The second kappa shape index (κ2) is 5.09. The zero-order valence-electron chi connectivity index (χ0n) is 11.4. The van der Waals surface area contributed by atoms with Crippen LogP contribution >= 0.6 is 0 Å². The maximum absolute atomic E-state index is 5.83. The lowest BCUT2D eigenvalue weighted by Gasteiger charge is -2.13. The van der Waals surface area contributed by atoms with Crippen molar-refractivity contribution in [1.29, 1.82) is 0 Å². The molecular weight excluding hydrogens is 256 g/mol. The van der Waals surface area contributed by atoms with Crippen LogP contribution < -0.4 is 11.5 Å². The number of hydrogen-bond acceptors (Lipinski definition) is 6. The molecule has 1 saturated carbocycles. The number of anilines is 2. The summed E-state index contributed by atoms with van der Waals surface area (Å²) in [6.45, 7) is 0. The molecule has 0 amide bonds. The van der Waals surface area contributed by atoms with Gasteiger partial charge in [-0.05, 0) is 47.9 Å². The molecule has 0 radical (unpaired) electrons. The molecular formula is C13H18N6O. The van der Waals surface area contributed by atoms with E-state index in [-0.39, 0.29) is 12.1 Å². The number of methoxy groups -OCH3 is 1.